The van der Waals surface area contributed by atoms with Gasteiger partial charge in [-0.15, -0.1) is 0 Å². The number of piperidine rings is 1. The van der Waals surface area contributed by atoms with Gasteiger partial charge in [0.05, 0.1) is 17.0 Å². The van der Waals surface area contributed by atoms with Crippen molar-refractivity contribution in [2.75, 3.05) is 30.3 Å². The molecule has 2 aromatic rings. The molecular formula is C22H35N7O2. The van der Waals surface area contributed by atoms with Crippen LogP contribution in [0.1, 0.15) is 62.3 Å². The first-order valence-corrected chi connectivity index (χ1v) is 10.8. The maximum atomic E-state index is 12.7. The number of hydrogen-bond donors (Lipinski definition) is 4. The fourth-order valence-electron chi connectivity index (χ4n) is 4.03. The molecule has 5 N–H and O–H groups in total. The predicted octanol–water partition coefficient (Wildman–Crippen LogP) is 2.16. The summed E-state index contributed by atoms with van der Waals surface area (Å²) in [5, 5.41) is 24.7. The summed E-state index contributed by atoms with van der Waals surface area (Å²) >= 11 is 0. The summed E-state index contributed by atoms with van der Waals surface area (Å²) in [5.41, 5.74) is 7.29. The molecule has 9 heteroatoms. The maximum Gasteiger partial charge on any atom is 0.257 e. The Bertz CT molecular complexity index is 944. The summed E-state index contributed by atoms with van der Waals surface area (Å²) in [6, 6.07) is 1.97. The molecule has 0 bridgehead atoms. The minimum atomic E-state index is -0.662. The monoisotopic (exact) mass is 429 g/mol. The number of anilines is 2. The van der Waals surface area contributed by atoms with E-state index in [4.69, 9.17) is 5.73 Å². The molecule has 1 amide bonds. The largest absolute Gasteiger partial charge is 0.390 e. The molecule has 1 aliphatic rings. The molecule has 3 rings (SSSR count). The van der Waals surface area contributed by atoms with Crippen LogP contribution in [-0.4, -0.2) is 56.2 Å². The van der Waals surface area contributed by atoms with Gasteiger partial charge in [0.1, 0.15) is 11.4 Å². The Kier molecular flexibility index (Phi) is 6.45. The summed E-state index contributed by atoms with van der Waals surface area (Å²) in [4.78, 5) is 14.9. The number of carbonyl (C=O) groups excluding carboxylic acids is 1. The van der Waals surface area contributed by atoms with E-state index in [1.54, 1.807) is 0 Å². The number of nitrogens with two attached hydrogens (primary N) is 1. The van der Waals surface area contributed by atoms with Crippen LogP contribution < -0.4 is 16.0 Å². The average Bonchev–Trinajstić information content (AvgIpc) is 3.28. The zero-order valence-electron chi connectivity index (χ0n) is 19.2. The second-order valence-electron chi connectivity index (χ2n) is 9.37. The molecule has 0 atom stereocenters. The van der Waals surface area contributed by atoms with Crippen molar-refractivity contribution >= 4 is 23.1 Å². The molecule has 1 saturated heterocycles. The van der Waals surface area contributed by atoms with Crippen LogP contribution in [0, 0.1) is 11.8 Å². The third-order valence-electron chi connectivity index (χ3n) is 5.98. The molecule has 0 saturated carbocycles. The summed E-state index contributed by atoms with van der Waals surface area (Å²) in [5.74, 6) is 1.45. The van der Waals surface area contributed by atoms with Gasteiger partial charge in [-0.25, -0.2) is 0 Å². The Morgan fingerprint density at radius 1 is 1.42 bits per heavy atom. The minimum absolute atomic E-state index is 0.141. The first kappa shape index (κ1) is 22.9. The minimum Gasteiger partial charge on any atom is -0.390 e. The van der Waals surface area contributed by atoms with Crippen LogP contribution in [0.15, 0.2) is 12.6 Å². The third kappa shape index (κ3) is 4.92. The predicted molar refractivity (Wildman–Crippen MR) is 123 cm³/mol. The van der Waals surface area contributed by atoms with E-state index >= 15 is 0 Å². The van der Waals surface area contributed by atoms with Crippen LogP contribution in [0.5, 0.6) is 0 Å². The van der Waals surface area contributed by atoms with E-state index in [1.807, 2.05) is 45.5 Å². The van der Waals surface area contributed by atoms with Crippen molar-refractivity contribution in [1.82, 2.24) is 25.3 Å². The second-order valence-corrected chi connectivity index (χ2v) is 9.37. The van der Waals surface area contributed by atoms with Gasteiger partial charge in [-0.2, -0.15) is 10.2 Å². The number of aryl methyl sites for hydroxylation is 1. The Morgan fingerprint density at radius 2 is 2.06 bits per heavy atom. The van der Waals surface area contributed by atoms with Crippen molar-refractivity contribution in [3.63, 3.8) is 0 Å². The van der Waals surface area contributed by atoms with Gasteiger partial charge in [-0.1, -0.05) is 20.4 Å². The Labute approximate surface area is 183 Å². The third-order valence-corrected chi connectivity index (χ3v) is 5.98. The normalized spacial score (nSPS) is 15.5. The highest BCUT2D eigenvalue weighted by Gasteiger charge is 2.31. The van der Waals surface area contributed by atoms with Crippen LogP contribution >= 0.6 is 0 Å². The Hall–Kier alpha value is -2.81. The van der Waals surface area contributed by atoms with E-state index in [-0.39, 0.29) is 17.6 Å². The Balaban J connectivity index is 1.79. The van der Waals surface area contributed by atoms with Crippen LogP contribution in [0.3, 0.4) is 0 Å². The van der Waals surface area contributed by atoms with Crippen LogP contribution in [-0.2, 0) is 7.05 Å². The van der Waals surface area contributed by atoms with Gasteiger partial charge in [-0.3, -0.25) is 14.6 Å². The number of aromatic amines is 1. The molecule has 2 aromatic heterocycles. The smallest absolute Gasteiger partial charge is 0.257 e. The number of nitrogens with one attached hydrogen (secondary N) is 2. The standard InChI is InChI=1S/C22H35N7O2/c1-13(2)12-24-21(30)18-19(25-26-20(18)23)14(3)16-11-17(28(6)27-16)29-9-7-15(8-10-29)22(4,5)31/h11,13,15,31H,3,7-10,12H2,1-2,4-6H3,(H,24,30)(H3,23,25,26). The van der Waals surface area contributed by atoms with Crippen molar-refractivity contribution < 1.29 is 9.90 Å². The van der Waals surface area contributed by atoms with E-state index < -0.39 is 5.60 Å². The number of rotatable bonds is 7. The molecular weight excluding hydrogens is 394 g/mol. The zero-order valence-corrected chi connectivity index (χ0v) is 19.2. The van der Waals surface area contributed by atoms with Gasteiger partial charge in [0.25, 0.3) is 5.91 Å². The van der Waals surface area contributed by atoms with Gasteiger partial charge < -0.3 is 21.1 Å². The summed E-state index contributed by atoms with van der Waals surface area (Å²) < 4.78 is 1.82. The number of carbonyl (C=O) groups is 1. The van der Waals surface area contributed by atoms with Crippen molar-refractivity contribution in [2.24, 2.45) is 18.9 Å². The number of nitrogens with zero attached hydrogens (tertiary/aromatic N) is 4. The first-order valence-electron chi connectivity index (χ1n) is 10.8. The first-order chi connectivity index (χ1) is 14.5. The van der Waals surface area contributed by atoms with Gasteiger partial charge in [0.2, 0.25) is 0 Å². The fourth-order valence-corrected chi connectivity index (χ4v) is 4.03. The molecule has 170 valence electrons. The molecule has 3 heterocycles. The van der Waals surface area contributed by atoms with E-state index in [2.05, 4.69) is 32.1 Å². The maximum absolute atomic E-state index is 12.7. The summed E-state index contributed by atoms with van der Waals surface area (Å²) in [6.45, 7) is 14.2. The number of hydrogen-bond acceptors (Lipinski definition) is 6. The van der Waals surface area contributed by atoms with Crippen molar-refractivity contribution in [3.8, 4) is 0 Å². The molecule has 0 unspecified atom stereocenters. The van der Waals surface area contributed by atoms with E-state index in [9.17, 15) is 9.90 Å². The van der Waals surface area contributed by atoms with Crippen molar-refractivity contribution in [1.29, 1.82) is 0 Å². The molecule has 0 aliphatic carbocycles. The molecule has 31 heavy (non-hydrogen) atoms. The van der Waals surface area contributed by atoms with Crippen LogP contribution in [0.2, 0.25) is 0 Å². The topological polar surface area (TPSA) is 125 Å². The highest BCUT2D eigenvalue weighted by molar-refractivity contribution is 6.03. The van der Waals surface area contributed by atoms with Crippen molar-refractivity contribution in [2.45, 2.75) is 46.1 Å². The molecule has 9 nitrogen and oxygen atoms in total. The van der Waals surface area contributed by atoms with Gasteiger partial charge >= 0.3 is 0 Å². The van der Waals surface area contributed by atoms with E-state index in [0.717, 1.165) is 31.7 Å². The SMILES string of the molecule is C=C(c1cc(N2CCC(C(C)(C)O)CC2)n(C)n1)c1[nH]nc(N)c1C(=O)NCC(C)C. The van der Waals surface area contributed by atoms with E-state index in [0.29, 0.717) is 35.0 Å². The Morgan fingerprint density at radius 3 is 2.65 bits per heavy atom. The van der Waals surface area contributed by atoms with Gasteiger partial charge in [-0.05, 0) is 38.5 Å². The average molecular weight is 430 g/mol. The van der Waals surface area contributed by atoms with Crippen molar-refractivity contribution in [3.05, 3.63) is 29.6 Å². The lowest BCUT2D eigenvalue weighted by atomic mass is 9.83. The lowest BCUT2D eigenvalue weighted by Gasteiger charge is -2.38. The van der Waals surface area contributed by atoms with Gasteiger partial charge in [0.15, 0.2) is 5.82 Å². The molecule has 1 fully saturated rings. The highest BCUT2D eigenvalue weighted by Crippen LogP contribution is 2.32. The number of nitrogen functional groups attached to an aromatic ring is 1. The van der Waals surface area contributed by atoms with Gasteiger partial charge in [0, 0.05) is 38.3 Å². The summed E-state index contributed by atoms with van der Waals surface area (Å²) in [6.07, 6.45) is 1.84. The quantitative estimate of drug-likeness (QED) is 0.534. The number of aliphatic hydroxyl groups is 1. The lowest BCUT2D eigenvalue weighted by molar-refractivity contribution is 0.00641. The van der Waals surface area contributed by atoms with Crippen LogP contribution in [0.25, 0.3) is 5.57 Å². The number of H-pyrrole nitrogens is 1. The summed E-state index contributed by atoms with van der Waals surface area (Å²) in [7, 11) is 1.89. The van der Waals surface area contributed by atoms with E-state index in [1.165, 1.54) is 0 Å². The second kappa shape index (κ2) is 8.74. The van der Waals surface area contributed by atoms with Crippen LogP contribution in [0.4, 0.5) is 11.6 Å². The fraction of sp³-hybridized carbons (Fsp3) is 0.591. The number of aromatic nitrogens is 4. The zero-order chi connectivity index (χ0) is 22.9. The molecule has 0 aromatic carbocycles. The number of amides is 1. The lowest BCUT2D eigenvalue weighted by Crippen LogP contribution is -2.42. The highest BCUT2D eigenvalue weighted by atomic mass is 16.3. The molecule has 1 aliphatic heterocycles. The molecule has 0 radical (unpaired) electrons. The molecule has 0 spiro atoms.